The molecule has 146 valence electrons. The molecule has 0 atom stereocenters. The summed E-state index contributed by atoms with van der Waals surface area (Å²) in [7, 11) is 0. The van der Waals surface area contributed by atoms with Crippen LogP contribution in [0.1, 0.15) is 26.3 Å². The Morgan fingerprint density at radius 1 is 0.897 bits per heavy atom. The van der Waals surface area contributed by atoms with Crippen LogP contribution in [0.3, 0.4) is 0 Å². The Labute approximate surface area is 183 Å². The fourth-order valence-electron chi connectivity index (χ4n) is 2.41. The maximum Gasteiger partial charge on any atom is 0.271 e. The number of benzene rings is 3. The molecule has 0 saturated carbocycles. The minimum absolute atomic E-state index is 0.0182. The summed E-state index contributed by atoms with van der Waals surface area (Å²) in [6.07, 6.45) is 1.34. The molecule has 0 unspecified atom stereocenters. The van der Waals surface area contributed by atoms with Crippen molar-refractivity contribution in [2.75, 3.05) is 5.32 Å². The van der Waals surface area contributed by atoms with Crippen LogP contribution >= 0.6 is 31.9 Å². The molecule has 3 aromatic carbocycles. The third kappa shape index (κ3) is 5.52. The molecular formula is C21H15Br2N3O3. The van der Waals surface area contributed by atoms with Gasteiger partial charge in [-0.1, -0.05) is 34.1 Å². The van der Waals surface area contributed by atoms with Crippen molar-refractivity contribution in [1.82, 2.24) is 5.43 Å². The monoisotopic (exact) mass is 515 g/mol. The van der Waals surface area contributed by atoms with E-state index >= 15 is 0 Å². The zero-order valence-electron chi connectivity index (χ0n) is 14.9. The quantitative estimate of drug-likeness (QED) is 0.331. The van der Waals surface area contributed by atoms with Crippen LogP contribution in [-0.2, 0) is 0 Å². The Bertz CT molecular complexity index is 1070. The number of carbonyl (C=O) groups is 2. The van der Waals surface area contributed by atoms with Crippen molar-refractivity contribution in [3.8, 4) is 5.75 Å². The lowest BCUT2D eigenvalue weighted by Crippen LogP contribution is -2.18. The third-order valence-corrected chi connectivity index (χ3v) is 4.93. The molecule has 0 aliphatic carbocycles. The summed E-state index contributed by atoms with van der Waals surface area (Å²) in [6.45, 7) is 0. The smallest absolute Gasteiger partial charge is 0.271 e. The van der Waals surface area contributed by atoms with Gasteiger partial charge in [0, 0.05) is 26.9 Å². The molecule has 0 spiro atoms. The van der Waals surface area contributed by atoms with Crippen molar-refractivity contribution in [2.45, 2.75) is 0 Å². The molecule has 3 rings (SSSR count). The summed E-state index contributed by atoms with van der Waals surface area (Å²) in [6, 6.07) is 18.6. The summed E-state index contributed by atoms with van der Waals surface area (Å²) in [5.74, 6) is -0.632. The maximum atomic E-state index is 12.2. The molecule has 8 heteroatoms. The first-order valence-corrected chi connectivity index (χ1v) is 10.0. The molecule has 0 aliphatic heterocycles. The van der Waals surface area contributed by atoms with Crippen molar-refractivity contribution >= 4 is 55.6 Å². The highest BCUT2D eigenvalue weighted by Gasteiger charge is 2.08. The SMILES string of the molecule is O=C(N/N=C\c1cc(Br)cc(Br)c1O)c1ccc(NC(=O)c2ccccc2)cc1. The number of phenolic OH excluding ortho intramolecular Hbond substituents is 1. The zero-order chi connectivity index (χ0) is 20.8. The van der Waals surface area contributed by atoms with Gasteiger partial charge in [0.05, 0.1) is 10.7 Å². The first-order chi connectivity index (χ1) is 13.9. The summed E-state index contributed by atoms with van der Waals surface area (Å²) in [5, 5.41) is 16.6. The molecule has 0 aliphatic rings. The van der Waals surface area contributed by atoms with E-state index in [1.165, 1.54) is 6.21 Å². The third-order valence-electron chi connectivity index (χ3n) is 3.87. The Morgan fingerprint density at radius 2 is 1.55 bits per heavy atom. The molecule has 0 saturated heterocycles. The molecule has 0 bridgehead atoms. The number of nitrogens with one attached hydrogen (secondary N) is 2. The van der Waals surface area contributed by atoms with E-state index in [1.807, 2.05) is 6.07 Å². The largest absolute Gasteiger partial charge is 0.506 e. The van der Waals surface area contributed by atoms with Crippen LogP contribution in [0.2, 0.25) is 0 Å². The predicted molar refractivity (Wildman–Crippen MR) is 119 cm³/mol. The summed E-state index contributed by atoms with van der Waals surface area (Å²) in [5.41, 5.74) is 4.33. The molecule has 6 nitrogen and oxygen atoms in total. The van der Waals surface area contributed by atoms with Gasteiger partial charge in [-0.25, -0.2) is 5.43 Å². The lowest BCUT2D eigenvalue weighted by molar-refractivity contribution is 0.0954. The Kier molecular flexibility index (Phi) is 6.79. The topological polar surface area (TPSA) is 90.8 Å². The van der Waals surface area contributed by atoms with Gasteiger partial charge in [0.25, 0.3) is 11.8 Å². The van der Waals surface area contributed by atoms with Crippen LogP contribution in [0.4, 0.5) is 5.69 Å². The number of halogens is 2. The van der Waals surface area contributed by atoms with E-state index in [9.17, 15) is 14.7 Å². The van der Waals surface area contributed by atoms with Gasteiger partial charge >= 0.3 is 0 Å². The van der Waals surface area contributed by atoms with Gasteiger partial charge in [-0.2, -0.15) is 5.10 Å². The number of nitrogens with zero attached hydrogens (tertiary/aromatic N) is 1. The number of hydrazone groups is 1. The predicted octanol–water partition coefficient (Wildman–Crippen LogP) is 4.93. The molecule has 3 aromatic rings. The minimum atomic E-state index is -0.421. The first-order valence-electron chi connectivity index (χ1n) is 8.42. The number of phenols is 1. The summed E-state index contributed by atoms with van der Waals surface area (Å²) >= 11 is 6.56. The van der Waals surface area contributed by atoms with E-state index in [0.29, 0.717) is 26.9 Å². The fourth-order valence-corrected chi connectivity index (χ4v) is 3.67. The van der Waals surface area contributed by atoms with Crippen molar-refractivity contribution < 1.29 is 14.7 Å². The van der Waals surface area contributed by atoms with Crippen LogP contribution in [0, 0.1) is 0 Å². The Morgan fingerprint density at radius 3 is 2.24 bits per heavy atom. The maximum absolute atomic E-state index is 12.2. The van der Waals surface area contributed by atoms with Crippen LogP contribution in [0.25, 0.3) is 0 Å². The van der Waals surface area contributed by atoms with Crippen molar-refractivity contribution in [1.29, 1.82) is 0 Å². The van der Waals surface area contributed by atoms with E-state index in [4.69, 9.17) is 0 Å². The first kappa shape index (κ1) is 20.8. The van der Waals surface area contributed by atoms with E-state index in [0.717, 1.165) is 4.47 Å². The highest BCUT2D eigenvalue weighted by molar-refractivity contribution is 9.11. The highest BCUT2D eigenvalue weighted by Crippen LogP contribution is 2.30. The van der Waals surface area contributed by atoms with Gasteiger partial charge in [-0.15, -0.1) is 0 Å². The van der Waals surface area contributed by atoms with Gasteiger partial charge in [0.1, 0.15) is 5.75 Å². The molecule has 0 aromatic heterocycles. The van der Waals surface area contributed by atoms with Crippen molar-refractivity contribution in [3.63, 3.8) is 0 Å². The van der Waals surface area contributed by atoms with Gasteiger partial charge in [0.2, 0.25) is 0 Å². The Hall–Kier alpha value is -2.97. The average Bonchev–Trinajstić information content (AvgIpc) is 2.72. The van der Waals surface area contributed by atoms with Gasteiger partial charge in [-0.3, -0.25) is 9.59 Å². The normalized spacial score (nSPS) is 10.7. The number of anilines is 1. The fraction of sp³-hybridized carbons (Fsp3) is 0. The van der Waals surface area contributed by atoms with Crippen LogP contribution in [0.5, 0.6) is 5.75 Å². The lowest BCUT2D eigenvalue weighted by atomic mass is 10.1. The number of carbonyl (C=O) groups excluding carboxylic acids is 2. The van der Waals surface area contributed by atoms with Gasteiger partial charge in [0.15, 0.2) is 0 Å². The number of aromatic hydroxyl groups is 1. The van der Waals surface area contributed by atoms with Crippen molar-refractivity contribution in [2.24, 2.45) is 5.10 Å². The molecule has 0 radical (unpaired) electrons. The lowest BCUT2D eigenvalue weighted by Gasteiger charge is -2.06. The van der Waals surface area contributed by atoms with E-state index < -0.39 is 5.91 Å². The minimum Gasteiger partial charge on any atom is -0.506 e. The second kappa shape index (κ2) is 9.49. The highest BCUT2D eigenvalue weighted by atomic mass is 79.9. The van der Waals surface area contributed by atoms with Crippen molar-refractivity contribution in [3.05, 3.63) is 92.4 Å². The summed E-state index contributed by atoms with van der Waals surface area (Å²) < 4.78 is 1.26. The molecule has 2 amide bonds. The summed E-state index contributed by atoms with van der Waals surface area (Å²) in [4.78, 5) is 24.4. The molecule has 0 heterocycles. The second-order valence-corrected chi connectivity index (χ2v) is 7.69. The Balaban J connectivity index is 1.61. The zero-order valence-corrected chi connectivity index (χ0v) is 18.1. The van der Waals surface area contributed by atoms with E-state index in [-0.39, 0.29) is 11.7 Å². The van der Waals surface area contributed by atoms with Crippen LogP contribution in [-0.4, -0.2) is 23.1 Å². The van der Waals surface area contributed by atoms with Gasteiger partial charge < -0.3 is 10.4 Å². The average molecular weight is 517 g/mol. The number of amides is 2. The van der Waals surface area contributed by atoms with Gasteiger partial charge in [-0.05, 0) is 64.5 Å². The molecule has 3 N–H and O–H groups in total. The second-order valence-electron chi connectivity index (χ2n) is 5.92. The van der Waals surface area contributed by atoms with E-state index in [2.05, 4.69) is 47.7 Å². The molecule has 0 fully saturated rings. The number of rotatable bonds is 5. The molecule has 29 heavy (non-hydrogen) atoms. The number of hydrogen-bond donors (Lipinski definition) is 3. The van der Waals surface area contributed by atoms with Crippen LogP contribution < -0.4 is 10.7 Å². The molecular weight excluding hydrogens is 502 g/mol. The van der Waals surface area contributed by atoms with E-state index in [1.54, 1.807) is 60.7 Å². The van der Waals surface area contributed by atoms with Crippen LogP contribution in [0.15, 0.2) is 80.8 Å². The standard InChI is InChI=1S/C21H15Br2N3O3/c22-16-10-15(19(27)18(23)11-16)12-24-26-21(29)14-6-8-17(9-7-14)25-20(28)13-4-2-1-3-5-13/h1-12,27H,(H,25,28)(H,26,29)/b24-12-. The number of hydrogen-bond acceptors (Lipinski definition) is 4.